The largest absolute Gasteiger partial charge is 0.339 e. The predicted octanol–water partition coefficient (Wildman–Crippen LogP) is 4.89. The fourth-order valence-corrected chi connectivity index (χ4v) is 4.62. The number of piperidine rings is 1. The van der Waals surface area contributed by atoms with E-state index in [4.69, 9.17) is 0 Å². The number of carbonyl (C=O) groups excluding carboxylic acids is 1. The SMILES string of the molecule is O=C(c1ccc2c(c1)CC=C2c1ccccc1)N1CCC(C2=NC=CC2)CC1. The van der Waals surface area contributed by atoms with Gasteiger partial charge in [0, 0.05) is 42.9 Å². The van der Waals surface area contributed by atoms with Crippen LogP contribution in [0.5, 0.6) is 0 Å². The summed E-state index contributed by atoms with van der Waals surface area (Å²) in [6.07, 6.45) is 10.2. The van der Waals surface area contributed by atoms with Crippen LogP contribution in [0.3, 0.4) is 0 Å². The van der Waals surface area contributed by atoms with Crippen molar-refractivity contribution in [2.24, 2.45) is 10.9 Å². The van der Waals surface area contributed by atoms with Crippen LogP contribution in [0, 0.1) is 5.92 Å². The number of hydrogen-bond donors (Lipinski definition) is 0. The third-order valence-electron chi connectivity index (χ3n) is 6.18. The Morgan fingerprint density at radius 1 is 1.00 bits per heavy atom. The molecule has 0 atom stereocenters. The summed E-state index contributed by atoms with van der Waals surface area (Å²) in [5.41, 5.74) is 7.15. The van der Waals surface area contributed by atoms with Gasteiger partial charge in [-0.3, -0.25) is 9.79 Å². The molecular formula is C25H24N2O. The molecule has 1 saturated heterocycles. The number of nitrogens with zero attached hydrogens (tertiary/aromatic N) is 2. The summed E-state index contributed by atoms with van der Waals surface area (Å²) in [5, 5.41) is 0. The molecule has 3 aliphatic rings. The molecule has 0 bridgehead atoms. The van der Waals surface area contributed by atoms with E-state index in [9.17, 15) is 4.79 Å². The Labute approximate surface area is 166 Å². The molecule has 2 aromatic carbocycles. The molecule has 3 nitrogen and oxygen atoms in total. The summed E-state index contributed by atoms with van der Waals surface area (Å²) >= 11 is 0. The van der Waals surface area contributed by atoms with Gasteiger partial charge in [0.15, 0.2) is 0 Å². The van der Waals surface area contributed by atoms with Crippen molar-refractivity contribution in [1.29, 1.82) is 0 Å². The van der Waals surface area contributed by atoms with E-state index in [-0.39, 0.29) is 5.91 Å². The Balaban J connectivity index is 1.29. The number of fused-ring (bicyclic) bond motifs is 1. The van der Waals surface area contributed by atoms with E-state index in [1.165, 1.54) is 28.0 Å². The Bertz CT molecular complexity index is 992. The number of allylic oxidation sites excluding steroid dienone is 2. The van der Waals surface area contributed by atoms with Crippen molar-refractivity contribution >= 4 is 17.2 Å². The fraction of sp³-hybridized carbons (Fsp3) is 0.280. The standard InChI is InChI=1S/C25H24N2O/c28-25(27-15-12-19(13-16-27)24-7-4-14-26-24)21-9-11-23-20(17-21)8-10-22(23)18-5-2-1-3-6-18/h1-6,9-11,14,17,19H,7-8,12-13,15-16H2. The van der Waals surface area contributed by atoms with Crippen LogP contribution in [0.15, 0.2) is 71.9 Å². The number of benzene rings is 2. The molecule has 0 N–H and O–H groups in total. The van der Waals surface area contributed by atoms with E-state index in [1.807, 2.05) is 23.2 Å². The zero-order valence-corrected chi connectivity index (χ0v) is 16.0. The highest BCUT2D eigenvalue weighted by Gasteiger charge is 2.27. The molecule has 1 amide bonds. The molecule has 5 rings (SSSR count). The second kappa shape index (κ2) is 7.23. The maximum atomic E-state index is 13.0. The normalized spacial score (nSPS) is 18.8. The Kier molecular flexibility index (Phi) is 4.44. The van der Waals surface area contributed by atoms with Gasteiger partial charge in [-0.05, 0) is 53.7 Å². The van der Waals surface area contributed by atoms with Gasteiger partial charge in [-0.2, -0.15) is 0 Å². The van der Waals surface area contributed by atoms with Gasteiger partial charge in [0.05, 0.1) is 0 Å². The van der Waals surface area contributed by atoms with Gasteiger partial charge in [-0.25, -0.2) is 0 Å². The number of rotatable bonds is 3. The molecule has 0 radical (unpaired) electrons. The smallest absolute Gasteiger partial charge is 0.253 e. The summed E-state index contributed by atoms with van der Waals surface area (Å²) in [6, 6.07) is 16.7. The number of likely N-dealkylation sites (tertiary alicyclic amines) is 1. The van der Waals surface area contributed by atoms with Crippen molar-refractivity contribution in [3.8, 4) is 0 Å². The maximum absolute atomic E-state index is 13.0. The second-order valence-corrected chi connectivity index (χ2v) is 7.84. The molecule has 0 saturated carbocycles. The average Bonchev–Trinajstić information content (AvgIpc) is 3.44. The van der Waals surface area contributed by atoms with Gasteiger partial charge in [0.1, 0.15) is 0 Å². The van der Waals surface area contributed by atoms with E-state index >= 15 is 0 Å². The van der Waals surface area contributed by atoms with Gasteiger partial charge < -0.3 is 4.90 Å². The molecule has 1 fully saturated rings. The van der Waals surface area contributed by atoms with Crippen LogP contribution < -0.4 is 0 Å². The quantitative estimate of drug-likeness (QED) is 0.759. The van der Waals surface area contributed by atoms with E-state index in [0.717, 1.165) is 44.3 Å². The number of aliphatic imine (C=N–C) groups is 1. The first-order valence-corrected chi connectivity index (χ1v) is 10.2. The van der Waals surface area contributed by atoms with Gasteiger partial charge in [-0.15, -0.1) is 0 Å². The molecule has 0 aromatic heterocycles. The molecule has 2 aromatic rings. The monoisotopic (exact) mass is 368 g/mol. The van der Waals surface area contributed by atoms with Crippen LogP contribution in [0.25, 0.3) is 5.57 Å². The van der Waals surface area contributed by atoms with Crippen molar-refractivity contribution in [2.45, 2.75) is 25.7 Å². The third-order valence-corrected chi connectivity index (χ3v) is 6.18. The first kappa shape index (κ1) is 17.2. The van der Waals surface area contributed by atoms with Crippen molar-refractivity contribution in [3.05, 3.63) is 89.1 Å². The summed E-state index contributed by atoms with van der Waals surface area (Å²) in [6.45, 7) is 1.65. The number of hydrogen-bond acceptors (Lipinski definition) is 2. The van der Waals surface area contributed by atoms with E-state index < -0.39 is 0 Å². The molecule has 3 heteroatoms. The zero-order valence-electron chi connectivity index (χ0n) is 16.0. The van der Waals surface area contributed by atoms with Gasteiger partial charge in [-0.1, -0.05) is 48.6 Å². The molecule has 28 heavy (non-hydrogen) atoms. The third kappa shape index (κ3) is 3.11. The van der Waals surface area contributed by atoms with Gasteiger partial charge in [0.25, 0.3) is 5.91 Å². The average molecular weight is 368 g/mol. The minimum Gasteiger partial charge on any atom is -0.339 e. The lowest BCUT2D eigenvalue weighted by atomic mass is 9.90. The van der Waals surface area contributed by atoms with E-state index in [1.54, 1.807) is 0 Å². The van der Waals surface area contributed by atoms with Crippen LogP contribution in [-0.2, 0) is 6.42 Å². The van der Waals surface area contributed by atoms with E-state index in [0.29, 0.717) is 5.92 Å². The van der Waals surface area contributed by atoms with Crippen molar-refractivity contribution < 1.29 is 4.79 Å². The highest BCUT2D eigenvalue weighted by atomic mass is 16.2. The molecule has 2 heterocycles. The molecule has 1 aliphatic carbocycles. The van der Waals surface area contributed by atoms with Crippen LogP contribution in [0.1, 0.15) is 46.3 Å². The van der Waals surface area contributed by atoms with Crippen molar-refractivity contribution in [2.75, 3.05) is 13.1 Å². The molecular weight excluding hydrogens is 344 g/mol. The van der Waals surface area contributed by atoms with E-state index in [2.05, 4.69) is 53.5 Å². The first-order valence-electron chi connectivity index (χ1n) is 10.2. The van der Waals surface area contributed by atoms with Crippen molar-refractivity contribution in [1.82, 2.24) is 4.90 Å². The number of amides is 1. The summed E-state index contributed by atoms with van der Waals surface area (Å²) in [5.74, 6) is 0.706. The Morgan fingerprint density at radius 3 is 2.57 bits per heavy atom. The highest BCUT2D eigenvalue weighted by Crippen LogP contribution is 2.33. The molecule has 2 aliphatic heterocycles. The second-order valence-electron chi connectivity index (χ2n) is 7.84. The first-order chi connectivity index (χ1) is 13.8. The minimum absolute atomic E-state index is 0.167. The van der Waals surface area contributed by atoms with Gasteiger partial charge >= 0.3 is 0 Å². The van der Waals surface area contributed by atoms with Gasteiger partial charge in [0.2, 0.25) is 0 Å². The summed E-state index contributed by atoms with van der Waals surface area (Å²) in [7, 11) is 0. The highest BCUT2D eigenvalue weighted by molar-refractivity contribution is 5.96. The molecule has 0 unspecified atom stereocenters. The zero-order chi connectivity index (χ0) is 18.9. The minimum atomic E-state index is 0.167. The van der Waals surface area contributed by atoms with Crippen molar-refractivity contribution in [3.63, 3.8) is 0 Å². The number of carbonyl (C=O) groups is 1. The lowest BCUT2D eigenvalue weighted by Crippen LogP contribution is -2.40. The lowest BCUT2D eigenvalue weighted by Gasteiger charge is -2.32. The van der Waals surface area contributed by atoms with Crippen LogP contribution in [0.4, 0.5) is 0 Å². The summed E-state index contributed by atoms with van der Waals surface area (Å²) < 4.78 is 0. The topological polar surface area (TPSA) is 32.7 Å². The van der Waals surface area contributed by atoms with Crippen LogP contribution in [0.2, 0.25) is 0 Å². The lowest BCUT2D eigenvalue weighted by molar-refractivity contribution is 0.0709. The Morgan fingerprint density at radius 2 is 1.82 bits per heavy atom. The van der Waals surface area contributed by atoms with Crippen LogP contribution in [-0.4, -0.2) is 29.6 Å². The Hall–Kier alpha value is -2.94. The fourth-order valence-electron chi connectivity index (χ4n) is 4.62. The predicted molar refractivity (Wildman–Crippen MR) is 113 cm³/mol. The molecule has 140 valence electrons. The van der Waals surface area contributed by atoms with Crippen LogP contribution >= 0.6 is 0 Å². The molecule has 0 spiro atoms. The summed E-state index contributed by atoms with van der Waals surface area (Å²) in [4.78, 5) is 19.5. The maximum Gasteiger partial charge on any atom is 0.253 e.